The second kappa shape index (κ2) is 7.57. The lowest BCUT2D eigenvalue weighted by Crippen LogP contribution is -2.52. The highest BCUT2D eigenvalue weighted by Gasteiger charge is 2.42. The highest BCUT2D eigenvalue weighted by atomic mass is 35.5. The second-order valence-corrected chi connectivity index (χ2v) is 8.59. The molecule has 1 aromatic carbocycles. The van der Waals surface area contributed by atoms with E-state index >= 15 is 0 Å². The van der Waals surface area contributed by atoms with Crippen molar-refractivity contribution in [1.29, 1.82) is 0 Å². The Morgan fingerprint density at radius 3 is 2.57 bits per heavy atom. The predicted molar refractivity (Wildman–Crippen MR) is 114 cm³/mol. The maximum Gasteiger partial charge on any atom is 0.330 e. The Labute approximate surface area is 184 Å². The van der Waals surface area contributed by atoms with Crippen LogP contribution in [0.3, 0.4) is 0 Å². The number of piperidine rings is 1. The van der Waals surface area contributed by atoms with Crippen LogP contribution in [0.15, 0.2) is 42.2 Å². The van der Waals surface area contributed by atoms with Crippen molar-refractivity contribution in [3.8, 4) is 0 Å². The number of fused-ring (bicyclic) bond motifs is 1. The van der Waals surface area contributed by atoms with Gasteiger partial charge in [-0.3, -0.25) is 4.90 Å². The molecule has 1 aromatic heterocycles. The normalized spacial score (nSPS) is 22.9. The first-order chi connectivity index (χ1) is 14.5. The molecule has 1 spiro atoms. The summed E-state index contributed by atoms with van der Waals surface area (Å²) in [7, 11) is 0. The monoisotopic (exact) mass is 448 g/mol. The number of amides is 2. The fourth-order valence-corrected chi connectivity index (χ4v) is 4.71. The number of ether oxygens (including phenoxy) is 2. The SMILES string of the molecule is CC1=CC(c2ccc(Cl)c(Cl)c2)n2nccc2N1C(=O)N1CCC2(CC1)OCCO2. The number of carbonyl (C=O) groups excluding carboxylic acids is 1. The van der Waals surface area contributed by atoms with Gasteiger partial charge < -0.3 is 14.4 Å². The molecule has 30 heavy (non-hydrogen) atoms. The first kappa shape index (κ1) is 19.9. The van der Waals surface area contributed by atoms with Crippen molar-refractivity contribution < 1.29 is 14.3 Å². The van der Waals surface area contributed by atoms with Crippen LogP contribution >= 0.6 is 23.2 Å². The predicted octanol–water partition coefficient (Wildman–Crippen LogP) is 4.46. The Morgan fingerprint density at radius 1 is 1.13 bits per heavy atom. The van der Waals surface area contributed by atoms with E-state index in [0.29, 0.717) is 49.2 Å². The van der Waals surface area contributed by atoms with Crippen molar-refractivity contribution in [2.45, 2.75) is 31.6 Å². The molecule has 9 heteroatoms. The van der Waals surface area contributed by atoms with Gasteiger partial charge in [-0.2, -0.15) is 5.10 Å². The van der Waals surface area contributed by atoms with Crippen LogP contribution < -0.4 is 4.90 Å². The van der Waals surface area contributed by atoms with Gasteiger partial charge in [0, 0.05) is 37.7 Å². The van der Waals surface area contributed by atoms with Crippen molar-refractivity contribution >= 4 is 35.1 Å². The molecule has 2 fully saturated rings. The molecule has 2 aromatic rings. The number of hydrogen-bond donors (Lipinski definition) is 0. The van der Waals surface area contributed by atoms with Crippen molar-refractivity contribution in [3.63, 3.8) is 0 Å². The van der Waals surface area contributed by atoms with Gasteiger partial charge in [-0.1, -0.05) is 29.3 Å². The van der Waals surface area contributed by atoms with Gasteiger partial charge in [-0.15, -0.1) is 0 Å². The summed E-state index contributed by atoms with van der Waals surface area (Å²) in [6.07, 6.45) is 5.09. The zero-order valence-corrected chi connectivity index (χ0v) is 18.1. The largest absolute Gasteiger partial charge is 0.347 e. The first-order valence-corrected chi connectivity index (χ1v) is 10.8. The molecule has 0 aliphatic carbocycles. The molecule has 2 amide bonds. The standard InChI is InChI=1S/C21H22Cl2N4O3/c1-14-12-18(15-2-3-16(22)17(23)13-15)27-19(4-7-24-27)26(14)20(28)25-8-5-21(6-9-25)29-10-11-30-21/h2-4,7,12-13,18H,5-6,8-11H2,1H3. The molecule has 7 nitrogen and oxygen atoms in total. The third-order valence-electron chi connectivity index (χ3n) is 5.98. The summed E-state index contributed by atoms with van der Waals surface area (Å²) >= 11 is 12.3. The van der Waals surface area contributed by atoms with Crippen molar-refractivity contribution in [3.05, 3.63) is 57.8 Å². The fourth-order valence-electron chi connectivity index (χ4n) is 4.40. The minimum Gasteiger partial charge on any atom is -0.347 e. The van der Waals surface area contributed by atoms with Gasteiger partial charge in [0.05, 0.1) is 35.5 Å². The van der Waals surface area contributed by atoms with Crippen LogP contribution in [0, 0.1) is 0 Å². The van der Waals surface area contributed by atoms with Gasteiger partial charge >= 0.3 is 6.03 Å². The quantitative estimate of drug-likeness (QED) is 0.645. The maximum absolute atomic E-state index is 13.4. The van der Waals surface area contributed by atoms with Crippen LogP contribution in [-0.4, -0.2) is 52.8 Å². The number of aromatic nitrogens is 2. The Bertz CT molecular complexity index is 1010. The van der Waals surface area contributed by atoms with E-state index in [1.807, 2.05) is 40.8 Å². The number of anilines is 1. The highest BCUT2D eigenvalue weighted by molar-refractivity contribution is 6.42. The van der Waals surface area contributed by atoms with E-state index in [1.54, 1.807) is 17.2 Å². The van der Waals surface area contributed by atoms with E-state index in [2.05, 4.69) is 5.10 Å². The number of halogens is 2. The number of allylic oxidation sites excluding steroid dienone is 2. The Morgan fingerprint density at radius 2 is 1.87 bits per heavy atom. The summed E-state index contributed by atoms with van der Waals surface area (Å²) in [5.74, 6) is 0.217. The fraction of sp³-hybridized carbons (Fsp3) is 0.429. The topological polar surface area (TPSA) is 59.8 Å². The zero-order chi connectivity index (χ0) is 20.9. The third-order valence-corrected chi connectivity index (χ3v) is 6.72. The second-order valence-electron chi connectivity index (χ2n) is 7.77. The molecule has 0 radical (unpaired) electrons. The summed E-state index contributed by atoms with van der Waals surface area (Å²) in [5, 5.41) is 5.48. The lowest BCUT2D eigenvalue weighted by atomic mass is 10.0. The Kier molecular flexibility index (Phi) is 5.01. The number of carbonyl (C=O) groups is 1. The smallest absolute Gasteiger partial charge is 0.330 e. The van der Waals surface area contributed by atoms with E-state index in [-0.39, 0.29) is 12.1 Å². The molecule has 5 rings (SSSR count). The molecule has 0 saturated carbocycles. The van der Waals surface area contributed by atoms with Crippen molar-refractivity contribution in [2.24, 2.45) is 0 Å². The van der Waals surface area contributed by atoms with Crippen LogP contribution in [0.1, 0.15) is 31.4 Å². The lowest BCUT2D eigenvalue weighted by Gasteiger charge is -2.40. The average molecular weight is 449 g/mol. The van der Waals surface area contributed by atoms with E-state index in [4.69, 9.17) is 32.7 Å². The Hall–Kier alpha value is -2.06. The number of hydrogen-bond acceptors (Lipinski definition) is 4. The van der Waals surface area contributed by atoms with Crippen LogP contribution in [0.4, 0.5) is 10.6 Å². The van der Waals surface area contributed by atoms with Gasteiger partial charge in [-0.05, 0) is 30.7 Å². The van der Waals surface area contributed by atoms with Gasteiger partial charge in [0.1, 0.15) is 5.82 Å². The number of nitrogens with zero attached hydrogens (tertiary/aromatic N) is 4. The minimum atomic E-state index is -0.510. The van der Waals surface area contributed by atoms with Crippen LogP contribution in [0.25, 0.3) is 0 Å². The summed E-state index contributed by atoms with van der Waals surface area (Å²) in [6.45, 7) is 4.36. The van der Waals surface area contributed by atoms with Gasteiger partial charge in [-0.25, -0.2) is 9.48 Å². The number of urea groups is 1. The van der Waals surface area contributed by atoms with Gasteiger partial charge in [0.25, 0.3) is 0 Å². The summed E-state index contributed by atoms with van der Waals surface area (Å²) in [4.78, 5) is 17.0. The average Bonchev–Trinajstić information content (AvgIpc) is 3.40. The number of likely N-dealkylation sites (tertiary alicyclic amines) is 1. The maximum atomic E-state index is 13.4. The van der Waals surface area contributed by atoms with Crippen molar-refractivity contribution in [2.75, 3.05) is 31.2 Å². The summed E-state index contributed by atoms with van der Waals surface area (Å²) in [6, 6.07) is 7.17. The molecule has 158 valence electrons. The van der Waals surface area contributed by atoms with Crippen molar-refractivity contribution in [1.82, 2.24) is 14.7 Å². The number of rotatable bonds is 1. The molecule has 2 saturated heterocycles. The van der Waals surface area contributed by atoms with Gasteiger partial charge in [0.15, 0.2) is 5.79 Å². The summed E-state index contributed by atoms with van der Waals surface area (Å²) in [5.41, 5.74) is 1.80. The van der Waals surface area contributed by atoms with Gasteiger partial charge in [0.2, 0.25) is 0 Å². The molecule has 3 aliphatic heterocycles. The van der Waals surface area contributed by atoms with E-state index < -0.39 is 5.79 Å². The van der Waals surface area contributed by atoms with Crippen LogP contribution in [0.2, 0.25) is 10.0 Å². The number of benzene rings is 1. The molecule has 1 atom stereocenters. The molecule has 0 bridgehead atoms. The molecule has 1 unspecified atom stereocenters. The van der Waals surface area contributed by atoms with Crippen LogP contribution in [-0.2, 0) is 9.47 Å². The lowest BCUT2D eigenvalue weighted by molar-refractivity contribution is -0.181. The van der Waals surface area contributed by atoms with Crippen LogP contribution in [0.5, 0.6) is 0 Å². The first-order valence-electron chi connectivity index (χ1n) is 10.0. The zero-order valence-electron chi connectivity index (χ0n) is 16.6. The highest BCUT2D eigenvalue weighted by Crippen LogP contribution is 2.37. The van der Waals surface area contributed by atoms with E-state index in [0.717, 1.165) is 17.1 Å². The molecule has 4 heterocycles. The van der Waals surface area contributed by atoms with E-state index in [9.17, 15) is 4.79 Å². The molecule has 3 aliphatic rings. The molecule has 0 N–H and O–H groups in total. The third kappa shape index (κ3) is 3.30. The summed E-state index contributed by atoms with van der Waals surface area (Å²) < 4.78 is 13.4. The minimum absolute atomic E-state index is 0.0639. The molecular formula is C21H22Cl2N4O3. The molecular weight excluding hydrogens is 427 g/mol. The Balaban J connectivity index is 1.41. The van der Waals surface area contributed by atoms with E-state index in [1.165, 1.54) is 0 Å².